The molecule has 1 aromatic carbocycles. The third kappa shape index (κ3) is 6.27. The Morgan fingerprint density at radius 3 is 2.57 bits per heavy atom. The molecule has 0 aliphatic rings. The van der Waals surface area contributed by atoms with Crippen molar-refractivity contribution in [2.75, 3.05) is 33.4 Å². The average molecular weight is 295 g/mol. The molecule has 0 unspecified atom stereocenters. The lowest BCUT2D eigenvalue weighted by molar-refractivity contribution is -0.145. The summed E-state index contributed by atoms with van der Waals surface area (Å²) in [4.78, 5) is 24.0. The second-order valence-electron chi connectivity index (χ2n) is 4.57. The number of aliphatic carboxylic acids is 1. The molecule has 1 rings (SSSR count). The van der Waals surface area contributed by atoms with Gasteiger partial charge in [0, 0.05) is 13.7 Å². The highest BCUT2D eigenvalue weighted by molar-refractivity contribution is 5.81. The molecule has 6 nitrogen and oxygen atoms in total. The van der Waals surface area contributed by atoms with Crippen LogP contribution in [0.4, 0.5) is 0 Å². The van der Waals surface area contributed by atoms with Crippen LogP contribution in [0.1, 0.15) is 12.0 Å². The van der Waals surface area contributed by atoms with Gasteiger partial charge in [-0.15, -0.1) is 0 Å². The molecule has 1 N–H and O–H groups in total. The number of nitrogens with zero attached hydrogens (tertiary/aromatic N) is 1. The molecule has 0 fully saturated rings. The van der Waals surface area contributed by atoms with E-state index in [0.717, 1.165) is 11.3 Å². The molecule has 0 radical (unpaired) electrons. The quantitative estimate of drug-likeness (QED) is 0.743. The van der Waals surface area contributed by atoms with Crippen LogP contribution < -0.4 is 4.74 Å². The number of amides is 1. The molecule has 0 saturated carbocycles. The average Bonchev–Trinajstić information content (AvgIpc) is 2.45. The number of carboxylic acids is 1. The van der Waals surface area contributed by atoms with Crippen LogP contribution >= 0.6 is 0 Å². The predicted octanol–water partition coefficient (Wildman–Crippen LogP) is 1.32. The number of rotatable bonds is 9. The molecule has 0 aliphatic heterocycles. The molecular formula is C15H21NO5. The van der Waals surface area contributed by atoms with E-state index in [0.29, 0.717) is 6.61 Å². The van der Waals surface area contributed by atoms with Gasteiger partial charge in [0.1, 0.15) is 12.3 Å². The van der Waals surface area contributed by atoms with Crippen LogP contribution in [-0.2, 0) is 14.3 Å². The van der Waals surface area contributed by atoms with E-state index in [2.05, 4.69) is 0 Å². The van der Waals surface area contributed by atoms with Crippen molar-refractivity contribution in [3.05, 3.63) is 29.8 Å². The van der Waals surface area contributed by atoms with Gasteiger partial charge in [-0.05, 0) is 18.6 Å². The van der Waals surface area contributed by atoms with Crippen molar-refractivity contribution < 1.29 is 24.2 Å². The zero-order valence-electron chi connectivity index (χ0n) is 12.4. The SMILES string of the molecule is COCCN(CC(=O)O)C(=O)CCOc1ccccc1C. The Hall–Kier alpha value is -2.08. The van der Waals surface area contributed by atoms with Gasteiger partial charge < -0.3 is 19.5 Å². The van der Waals surface area contributed by atoms with Gasteiger partial charge >= 0.3 is 5.97 Å². The molecule has 6 heteroatoms. The summed E-state index contributed by atoms with van der Waals surface area (Å²) in [6.45, 7) is 2.37. The molecule has 116 valence electrons. The van der Waals surface area contributed by atoms with Gasteiger partial charge in [0.05, 0.1) is 19.6 Å². The van der Waals surface area contributed by atoms with Crippen molar-refractivity contribution in [3.63, 3.8) is 0 Å². The smallest absolute Gasteiger partial charge is 0.323 e. The first-order valence-electron chi connectivity index (χ1n) is 6.71. The summed E-state index contributed by atoms with van der Waals surface area (Å²) in [5.74, 6) is -0.575. The van der Waals surface area contributed by atoms with E-state index in [4.69, 9.17) is 14.6 Å². The Balaban J connectivity index is 2.45. The third-order valence-electron chi connectivity index (χ3n) is 2.91. The van der Waals surface area contributed by atoms with Crippen LogP contribution in [0.2, 0.25) is 0 Å². The predicted molar refractivity (Wildman–Crippen MR) is 77.4 cm³/mol. The Bertz CT molecular complexity index is 475. The molecule has 0 saturated heterocycles. The van der Waals surface area contributed by atoms with Crippen LogP contribution in [-0.4, -0.2) is 55.3 Å². The van der Waals surface area contributed by atoms with Crippen molar-refractivity contribution in [1.82, 2.24) is 4.90 Å². The van der Waals surface area contributed by atoms with E-state index in [1.807, 2.05) is 31.2 Å². The van der Waals surface area contributed by atoms with Gasteiger partial charge in [-0.3, -0.25) is 9.59 Å². The number of aryl methyl sites for hydroxylation is 1. The molecule has 0 aromatic heterocycles. The lowest BCUT2D eigenvalue weighted by Gasteiger charge is -2.20. The van der Waals surface area contributed by atoms with Crippen LogP contribution in [0.3, 0.4) is 0 Å². The first-order chi connectivity index (χ1) is 10.0. The molecule has 1 amide bonds. The lowest BCUT2D eigenvalue weighted by Crippen LogP contribution is -2.38. The summed E-state index contributed by atoms with van der Waals surface area (Å²) < 4.78 is 10.4. The molecule has 0 atom stereocenters. The summed E-state index contributed by atoms with van der Waals surface area (Å²) in [5.41, 5.74) is 0.992. The van der Waals surface area contributed by atoms with Gasteiger partial charge in [0.2, 0.25) is 5.91 Å². The fourth-order valence-electron chi connectivity index (χ4n) is 1.78. The minimum Gasteiger partial charge on any atom is -0.493 e. The number of methoxy groups -OCH3 is 1. The molecule has 1 aromatic rings. The first kappa shape index (κ1) is 17.0. The summed E-state index contributed by atoms with van der Waals surface area (Å²) in [5, 5.41) is 8.81. The largest absolute Gasteiger partial charge is 0.493 e. The number of ether oxygens (including phenoxy) is 2. The van der Waals surface area contributed by atoms with E-state index >= 15 is 0 Å². The minimum absolute atomic E-state index is 0.130. The fourth-order valence-corrected chi connectivity index (χ4v) is 1.78. The summed E-state index contributed by atoms with van der Waals surface area (Å²) >= 11 is 0. The van der Waals surface area contributed by atoms with E-state index in [-0.39, 0.29) is 32.0 Å². The first-order valence-corrected chi connectivity index (χ1v) is 6.71. The number of carboxylic acid groups (broad SMARTS) is 1. The molecular weight excluding hydrogens is 274 g/mol. The highest BCUT2D eigenvalue weighted by atomic mass is 16.5. The van der Waals surface area contributed by atoms with Crippen molar-refractivity contribution in [1.29, 1.82) is 0 Å². The van der Waals surface area contributed by atoms with Crippen LogP contribution in [0.25, 0.3) is 0 Å². The van der Waals surface area contributed by atoms with Crippen LogP contribution in [0.15, 0.2) is 24.3 Å². The van der Waals surface area contributed by atoms with Crippen LogP contribution in [0.5, 0.6) is 5.75 Å². The van der Waals surface area contributed by atoms with Crippen molar-refractivity contribution in [2.24, 2.45) is 0 Å². The number of hydrogen-bond donors (Lipinski definition) is 1. The van der Waals surface area contributed by atoms with E-state index in [1.165, 1.54) is 12.0 Å². The van der Waals surface area contributed by atoms with Gasteiger partial charge in [-0.2, -0.15) is 0 Å². The topological polar surface area (TPSA) is 76.1 Å². The third-order valence-corrected chi connectivity index (χ3v) is 2.91. The monoisotopic (exact) mass is 295 g/mol. The minimum atomic E-state index is -1.04. The van der Waals surface area contributed by atoms with Crippen molar-refractivity contribution in [2.45, 2.75) is 13.3 Å². The Kier molecular flexibility index (Phi) is 7.25. The molecule has 0 heterocycles. The number of hydrogen-bond acceptors (Lipinski definition) is 4. The van der Waals surface area contributed by atoms with E-state index < -0.39 is 5.97 Å². The zero-order valence-corrected chi connectivity index (χ0v) is 12.4. The highest BCUT2D eigenvalue weighted by Crippen LogP contribution is 2.16. The molecule has 0 bridgehead atoms. The normalized spacial score (nSPS) is 10.2. The second kappa shape index (κ2) is 8.97. The number of benzene rings is 1. The van der Waals surface area contributed by atoms with E-state index in [9.17, 15) is 9.59 Å². The highest BCUT2D eigenvalue weighted by Gasteiger charge is 2.16. The number of carbonyl (C=O) groups excluding carboxylic acids is 1. The molecule has 21 heavy (non-hydrogen) atoms. The summed E-state index contributed by atoms with van der Waals surface area (Å²) in [6, 6.07) is 7.53. The fraction of sp³-hybridized carbons (Fsp3) is 0.467. The summed E-state index contributed by atoms with van der Waals surface area (Å²) in [6.07, 6.45) is 0.130. The van der Waals surface area contributed by atoms with Crippen molar-refractivity contribution >= 4 is 11.9 Å². The molecule has 0 spiro atoms. The van der Waals surface area contributed by atoms with Gasteiger partial charge in [0.15, 0.2) is 0 Å². The van der Waals surface area contributed by atoms with Crippen LogP contribution in [0, 0.1) is 6.92 Å². The standard InChI is InChI=1S/C15H21NO5/c1-12-5-3-4-6-13(12)21-9-7-14(17)16(8-10-20-2)11-15(18)19/h3-6H,7-11H2,1-2H3,(H,18,19). The maximum atomic E-state index is 12.0. The molecule has 0 aliphatic carbocycles. The van der Waals surface area contributed by atoms with Gasteiger partial charge in [-0.1, -0.05) is 18.2 Å². The zero-order chi connectivity index (χ0) is 15.7. The number of para-hydroxylation sites is 1. The number of carbonyl (C=O) groups is 2. The maximum absolute atomic E-state index is 12.0. The van der Waals surface area contributed by atoms with Gasteiger partial charge in [-0.25, -0.2) is 0 Å². The second-order valence-corrected chi connectivity index (χ2v) is 4.57. The van der Waals surface area contributed by atoms with Gasteiger partial charge in [0.25, 0.3) is 0 Å². The lowest BCUT2D eigenvalue weighted by atomic mass is 10.2. The Morgan fingerprint density at radius 2 is 1.95 bits per heavy atom. The van der Waals surface area contributed by atoms with E-state index in [1.54, 1.807) is 0 Å². The van der Waals surface area contributed by atoms with Crippen molar-refractivity contribution in [3.8, 4) is 5.75 Å². The Morgan fingerprint density at radius 1 is 1.24 bits per heavy atom. The summed E-state index contributed by atoms with van der Waals surface area (Å²) in [7, 11) is 1.50. The Labute approximate surface area is 124 Å². The maximum Gasteiger partial charge on any atom is 0.323 e.